The van der Waals surface area contributed by atoms with E-state index in [1.54, 1.807) is 18.2 Å². The van der Waals surface area contributed by atoms with Crippen molar-refractivity contribution in [2.45, 2.75) is 6.54 Å². The maximum atomic E-state index is 11.1. The van der Waals surface area contributed by atoms with E-state index in [4.69, 9.17) is 10.5 Å². The Labute approximate surface area is 95.0 Å². The van der Waals surface area contributed by atoms with Crippen LogP contribution in [0.2, 0.25) is 0 Å². The lowest BCUT2D eigenvalue weighted by Crippen LogP contribution is -2.33. The molecule has 16 heavy (non-hydrogen) atoms. The van der Waals surface area contributed by atoms with Gasteiger partial charge in [-0.2, -0.15) is 13.1 Å². The molecule has 0 unspecified atom stereocenters. The molecule has 1 rings (SSSR count). The van der Waals surface area contributed by atoms with Crippen LogP contribution in [0, 0.1) is 0 Å². The van der Waals surface area contributed by atoms with Gasteiger partial charge in [-0.1, -0.05) is 6.07 Å². The molecular formula is C9H15N3O3S. The molecule has 0 saturated carbocycles. The minimum Gasteiger partial charge on any atom is -0.495 e. The normalized spacial score (nSPS) is 11.4. The Kier molecular flexibility index (Phi) is 4.11. The van der Waals surface area contributed by atoms with Gasteiger partial charge in [0.1, 0.15) is 5.75 Å². The second-order valence-corrected chi connectivity index (χ2v) is 4.81. The molecule has 0 amide bonds. The third kappa shape index (κ3) is 3.37. The molecule has 6 nitrogen and oxygen atoms in total. The van der Waals surface area contributed by atoms with Crippen molar-refractivity contribution < 1.29 is 13.2 Å². The van der Waals surface area contributed by atoms with Crippen LogP contribution in [-0.2, 0) is 16.8 Å². The summed E-state index contributed by atoms with van der Waals surface area (Å²) in [6, 6.07) is 5.10. The number of ether oxygens (including phenoxy) is 1. The van der Waals surface area contributed by atoms with Crippen LogP contribution >= 0.6 is 0 Å². The molecule has 90 valence electrons. The number of rotatable bonds is 5. The summed E-state index contributed by atoms with van der Waals surface area (Å²) < 4.78 is 31.7. The highest BCUT2D eigenvalue weighted by Gasteiger charge is 2.06. The quantitative estimate of drug-likeness (QED) is 0.628. The third-order valence-electron chi connectivity index (χ3n) is 2.03. The fourth-order valence-electron chi connectivity index (χ4n) is 1.14. The molecular weight excluding hydrogens is 230 g/mol. The smallest absolute Gasteiger partial charge is 0.276 e. The summed E-state index contributed by atoms with van der Waals surface area (Å²) in [5.41, 5.74) is 6.92. The summed E-state index contributed by atoms with van der Waals surface area (Å²) >= 11 is 0. The number of benzene rings is 1. The number of nitrogens with two attached hydrogens (primary N) is 1. The van der Waals surface area contributed by atoms with E-state index in [0.29, 0.717) is 11.4 Å². The molecule has 1 aromatic carbocycles. The molecule has 0 fully saturated rings. The van der Waals surface area contributed by atoms with Gasteiger partial charge in [-0.3, -0.25) is 0 Å². The lowest BCUT2D eigenvalue weighted by Gasteiger charge is -2.08. The van der Waals surface area contributed by atoms with Gasteiger partial charge in [0.2, 0.25) is 0 Å². The maximum Gasteiger partial charge on any atom is 0.276 e. The molecule has 1 aromatic rings. The average Bonchev–Trinajstić information content (AvgIpc) is 2.27. The lowest BCUT2D eigenvalue weighted by molar-refractivity contribution is 0.417. The zero-order chi connectivity index (χ0) is 12.2. The van der Waals surface area contributed by atoms with Crippen LogP contribution in [0.1, 0.15) is 5.56 Å². The summed E-state index contributed by atoms with van der Waals surface area (Å²) in [4.78, 5) is 0. The predicted molar refractivity (Wildman–Crippen MR) is 62.2 cm³/mol. The van der Waals surface area contributed by atoms with Gasteiger partial charge < -0.3 is 10.5 Å². The van der Waals surface area contributed by atoms with Crippen LogP contribution in [0.5, 0.6) is 5.75 Å². The molecule has 0 bridgehead atoms. The molecule has 0 heterocycles. The average molecular weight is 245 g/mol. The number of hydrogen-bond donors (Lipinski definition) is 3. The zero-order valence-electron chi connectivity index (χ0n) is 9.15. The van der Waals surface area contributed by atoms with Crippen LogP contribution < -0.4 is 19.9 Å². The van der Waals surface area contributed by atoms with Crippen LogP contribution in [0.3, 0.4) is 0 Å². The third-order valence-corrected chi connectivity index (χ3v) is 3.09. The van der Waals surface area contributed by atoms with Gasteiger partial charge in [0.15, 0.2) is 0 Å². The highest BCUT2D eigenvalue weighted by Crippen LogP contribution is 2.21. The number of hydrogen-bond acceptors (Lipinski definition) is 4. The van der Waals surface area contributed by atoms with Crippen molar-refractivity contribution in [1.82, 2.24) is 9.44 Å². The van der Waals surface area contributed by atoms with Gasteiger partial charge in [0, 0.05) is 13.6 Å². The zero-order valence-corrected chi connectivity index (χ0v) is 9.97. The Morgan fingerprint density at radius 3 is 2.62 bits per heavy atom. The summed E-state index contributed by atoms with van der Waals surface area (Å²) in [7, 11) is -0.557. The Morgan fingerprint density at radius 2 is 2.12 bits per heavy atom. The molecule has 7 heteroatoms. The first-order chi connectivity index (χ1) is 7.48. The van der Waals surface area contributed by atoms with Crippen molar-refractivity contribution in [3.63, 3.8) is 0 Å². The molecule has 0 aromatic heterocycles. The van der Waals surface area contributed by atoms with Gasteiger partial charge in [0.25, 0.3) is 10.2 Å². The molecule has 0 spiro atoms. The van der Waals surface area contributed by atoms with E-state index in [9.17, 15) is 8.42 Å². The maximum absolute atomic E-state index is 11.1. The van der Waals surface area contributed by atoms with Crippen molar-refractivity contribution in [3.8, 4) is 5.75 Å². The largest absolute Gasteiger partial charge is 0.495 e. The van der Waals surface area contributed by atoms with E-state index in [1.165, 1.54) is 14.2 Å². The molecule has 0 aliphatic heterocycles. The van der Waals surface area contributed by atoms with Crippen molar-refractivity contribution in [3.05, 3.63) is 23.8 Å². The second-order valence-electron chi connectivity index (χ2n) is 3.10. The van der Waals surface area contributed by atoms with Crippen LogP contribution in [0.15, 0.2) is 18.2 Å². The Morgan fingerprint density at radius 1 is 1.44 bits per heavy atom. The summed E-state index contributed by atoms with van der Waals surface area (Å²) in [5, 5.41) is 0. The molecule has 0 aliphatic carbocycles. The minimum absolute atomic E-state index is 0.178. The molecule has 0 radical (unpaired) electrons. The topological polar surface area (TPSA) is 93.5 Å². The standard InChI is InChI=1S/C9H15N3O3S/c1-11-16(13,14)12-6-7-3-4-9(15-2)8(10)5-7/h3-5,11-12H,6,10H2,1-2H3. The summed E-state index contributed by atoms with van der Waals surface area (Å²) in [5.74, 6) is 0.570. The predicted octanol–water partition coefficient (Wildman–Crippen LogP) is -0.169. The fourth-order valence-corrected chi connectivity index (χ4v) is 1.65. The minimum atomic E-state index is -3.42. The van der Waals surface area contributed by atoms with E-state index >= 15 is 0 Å². The number of nitrogen functional groups attached to an aromatic ring is 1. The number of anilines is 1. The van der Waals surface area contributed by atoms with Gasteiger partial charge >= 0.3 is 0 Å². The molecule has 0 saturated heterocycles. The number of methoxy groups -OCH3 is 1. The van der Waals surface area contributed by atoms with Crippen molar-refractivity contribution in [1.29, 1.82) is 0 Å². The van der Waals surface area contributed by atoms with Gasteiger partial charge in [-0.25, -0.2) is 4.72 Å². The first-order valence-corrected chi connectivity index (χ1v) is 6.07. The first kappa shape index (κ1) is 12.8. The van der Waals surface area contributed by atoms with Gasteiger partial charge in [0.05, 0.1) is 12.8 Å². The second kappa shape index (κ2) is 5.15. The summed E-state index contributed by atoms with van der Waals surface area (Å²) in [6.07, 6.45) is 0. The molecule has 0 aliphatic rings. The van der Waals surface area contributed by atoms with Crippen LogP contribution in [-0.4, -0.2) is 22.6 Å². The highest BCUT2D eigenvalue weighted by atomic mass is 32.2. The fraction of sp³-hybridized carbons (Fsp3) is 0.333. The van der Waals surface area contributed by atoms with Gasteiger partial charge in [-0.05, 0) is 17.7 Å². The summed E-state index contributed by atoms with van der Waals surface area (Å²) in [6.45, 7) is 0.178. The van der Waals surface area contributed by atoms with E-state index in [1.807, 2.05) is 0 Å². The molecule has 4 N–H and O–H groups in total. The Hall–Kier alpha value is -1.31. The SMILES string of the molecule is CNS(=O)(=O)NCc1ccc(OC)c(N)c1. The van der Waals surface area contributed by atoms with Crippen molar-refractivity contribution in [2.75, 3.05) is 19.9 Å². The highest BCUT2D eigenvalue weighted by molar-refractivity contribution is 7.87. The van der Waals surface area contributed by atoms with Crippen molar-refractivity contribution in [2.24, 2.45) is 0 Å². The lowest BCUT2D eigenvalue weighted by atomic mass is 10.2. The van der Waals surface area contributed by atoms with Crippen molar-refractivity contribution >= 4 is 15.9 Å². The molecule has 0 atom stereocenters. The first-order valence-electron chi connectivity index (χ1n) is 4.59. The monoisotopic (exact) mass is 245 g/mol. The van der Waals surface area contributed by atoms with Crippen LogP contribution in [0.25, 0.3) is 0 Å². The van der Waals surface area contributed by atoms with E-state index < -0.39 is 10.2 Å². The van der Waals surface area contributed by atoms with Gasteiger partial charge in [-0.15, -0.1) is 0 Å². The van der Waals surface area contributed by atoms with Crippen LogP contribution in [0.4, 0.5) is 5.69 Å². The van der Waals surface area contributed by atoms with E-state index in [0.717, 1.165) is 5.56 Å². The van der Waals surface area contributed by atoms with E-state index in [-0.39, 0.29) is 6.54 Å². The Bertz CT molecular complexity index is 459. The van der Waals surface area contributed by atoms with E-state index in [2.05, 4.69) is 9.44 Å². The number of nitrogens with one attached hydrogen (secondary N) is 2. The Balaban J connectivity index is 2.73.